The molecule has 1 fully saturated rings. The number of hydrogen-bond acceptors (Lipinski definition) is 3. The van der Waals surface area contributed by atoms with Crippen LogP contribution in [0, 0.1) is 6.92 Å². The number of hydrogen-bond donors (Lipinski definition) is 0. The van der Waals surface area contributed by atoms with Gasteiger partial charge in [0.1, 0.15) is 5.75 Å². The summed E-state index contributed by atoms with van der Waals surface area (Å²) in [4.78, 5) is 16.8. The minimum absolute atomic E-state index is 0.0209. The standard InChI is InChI=1S/C20H22Cl2N2O2/c1-14-7-8-16(21)13-18(14)23-9-11-24(12-10-23)20(25)15(2)26-19-6-4-3-5-17(19)22/h3-8,13,15H,9-12H2,1-2H3. The summed E-state index contributed by atoms with van der Waals surface area (Å²) >= 11 is 12.2. The Bertz CT molecular complexity index is 789. The molecule has 0 saturated carbocycles. The number of piperazine rings is 1. The zero-order valence-corrected chi connectivity index (χ0v) is 16.4. The maximum atomic E-state index is 12.7. The van der Waals surface area contributed by atoms with Crippen molar-refractivity contribution in [3.8, 4) is 5.75 Å². The quantitative estimate of drug-likeness (QED) is 0.771. The van der Waals surface area contributed by atoms with Gasteiger partial charge in [-0.1, -0.05) is 41.4 Å². The van der Waals surface area contributed by atoms with Crippen LogP contribution in [-0.2, 0) is 4.79 Å². The van der Waals surface area contributed by atoms with Gasteiger partial charge in [0.2, 0.25) is 0 Å². The molecule has 1 aliphatic heterocycles. The minimum atomic E-state index is -0.575. The minimum Gasteiger partial charge on any atom is -0.479 e. The van der Waals surface area contributed by atoms with Crippen molar-refractivity contribution >= 4 is 34.8 Å². The number of carbonyl (C=O) groups is 1. The van der Waals surface area contributed by atoms with Crippen LogP contribution in [0.5, 0.6) is 5.75 Å². The molecule has 1 atom stereocenters. The van der Waals surface area contributed by atoms with E-state index in [1.807, 2.05) is 35.2 Å². The monoisotopic (exact) mass is 392 g/mol. The highest BCUT2D eigenvalue weighted by Gasteiger charge is 2.27. The third kappa shape index (κ3) is 4.25. The lowest BCUT2D eigenvalue weighted by Gasteiger charge is -2.37. The second kappa shape index (κ2) is 8.19. The Kier molecular flexibility index (Phi) is 5.94. The van der Waals surface area contributed by atoms with Crippen LogP contribution in [0.25, 0.3) is 0 Å². The first kappa shape index (κ1) is 18.9. The third-order valence-electron chi connectivity index (χ3n) is 4.59. The predicted molar refractivity (Wildman–Crippen MR) is 107 cm³/mol. The van der Waals surface area contributed by atoms with Crippen LogP contribution < -0.4 is 9.64 Å². The van der Waals surface area contributed by atoms with Crippen molar-refractivity contribution in [2.75, 3.05) is 31.1 Å². The van der Waals surface area contributed by atoms with Gasteiger partial charge in [-0.25, -0.2) is 0 Å². The highest BCUT2D eigenvalue weighted by atomic mass is 35.5. The molecule has 0 bridgehead atoms. The van der Waals surface area contributed by atoms with Gasteiger partial charge in [0.15, 0.2) is 6.10 Å². The zero-order chi connectivity index (χ0) is 18.7. The van der Waals surface area contributed by atoms with Gasteiger partial charge in [-0.2, -0.15) is 0 Å². The van der Waals surface area contributed by atoms with Crippen LogP contribution in [0.15, 0.2) is 42.5 Å². The molecule has 138 valence electrons. The number of amides is 1. The predicted octanol–water partition coefficient (Wildman–Crippen LogP) is 4.42. The number of aryl methyl sites for hydroxylation is 1. The van der Waals surface area contributed by atoms with E-state index in [1.165, 1.54) is 5.56 Å². The average molecular weight is 393 g/mol. The van der Waals surface area contributed by atoms with Gasteiger partial charge in [-0.3, -0.25) is 4.79 Å². The van der Waals surface area contributed by atoms with E-state index >= 15 is 0 Å². The number of anilines is 1. The molecule has 2 aromatic rings. The second-order valence-electron chi connectivity index (χ2n) is 6.43. The molecule has 1 heterocycles. The SMILES string of the molecule is Cc1ccc(Cl)cc1N1CCN(C(=O)C(C)Oc2ccccc2Cl)CC1. The normalized spacial score (nSPS) is 15.7. The van der Waals surface area contributed by atoms with E-state index in [2.05, 4.69) is 11.8 Å². The molecule has 0 spiro atoms. The molecule has 3 rings (SSSR count). The highest BCUT2D eigenvalue weighted by Crippen LogP contribution is 2.26. The maximum absolute atomic E-state index is 12.7. The third-order valence-corrected chi connectivity index (χ3v) is 5.14. The van der Waals surface area contributed by atoms with Crippen molar-refractivity contribution in [3.63, 3.8) is 0 Å². The van der Waals surface area contributed by atoms with Crippen molar-refractivity contribution in [3.05, 3.63) is 58.1 Å². The summed E-state index contributed by atoms with van der Waals surface area (Å²) in [6.07, 6.45) is -0.575. The van der Waals surface area contributed by atoms with Crippen molar-refractivity contribution < 1.29 is 9.53 Å². The second-order valence-corrected chi connectivity index (χ2v) is 7.28. The number of carbonyl (C=O) groups excluding carboxylic acids is 1. The first-order valence-electron chi connectivity index (χ1n) is 8.67. The molecule has 0 N–H and O–H groups in total. The van der Waals surface area contributed by atoms with Crippen LogP contribution in [0.3, 0.4) is 0 Å². The lowest BCUT2D eigenvalue weighted by atomic mass is 10.1. The molecule has 2 aromatic carbocycles. The smallest absolute Gasteiger partial charge is 0.263 e. The summed E-state index contributed by atoms with van der Waals surface area (Å²) in [5.41, 5.74) is 2.31. The molecule has 0 radical (unpaired) electrons. The summed E-state index contributed by atoms with van der Waals surface area (Å²) in [6, 6.07) is 13.1. The number of rotatable bonds is 4. The molecule has 1 amide bonds. The topological polar surface area (TPSA) is 32.8 Å². The Morgan fingerprint density at radius 1 is 1.08 bits per heavy atom. The molecule has 1 aliphatic rings. The van der Waals surface area contributed by atoms with Crippen molar-refractivity contribution in [1.82, 2.24) is 4.90 Å². The van der Waals surface area contributed by atoms with Gasteiger partial charge in [0.05, 0.1) is 5.02 Å². The van der Waals surface area contributed by atoms with Crippen LogP contribution in [0.1, 0.15) is 12.5 Å². The Hall–Kier alpha value is -1.91. The fraction of sp³-hybridized carbons (Fsp3) is 0.350. The van der Waals surface area contributed by atoms with E-state index in [0.29, 0.717) is 23.9 Å². The lowest BCUT2D eigenvalue weighted by molar-refractivity contribution is -0.138. The highest BCUT2D eigenvalue weighted by molar-refractivity contribution is 6.32. The number of para-hydroxylation sites is 1. The summed E-state index contributed by atoms with van der Waals surface area (Å²) in [5.74, 6) is 0.510. The molecule has 4 nitrogen and oxygen atoms in total. The molecule has 0 aliphatic carbocycles. The fourth-order valence-electron chi connectivity index (χ4n) is 3.13. The number of halogens is 2. The summed E-state index contributed by atoms with van der Waals surface area (Å²) in [6.45, 7) is 6.68. The molecule has 0 aromatic heterocycles. The van der Waals surface area contributed by atoms with E-state index in [1.54, 1.807) is 19.1 Å². The Labute approximate surface area is 164 Å². The molecule has 1 unspecified atom stereocenters. The zero-order valence-electron chi connectivity index (χ0n) is 14.9. The number of ether oxygens (including phenoxy) is 1. The van der Waals surface area contributed by atoms with Gasteiger partial charge in [0.25, 0.3) is 5.91 Å². The molecule has 26 heavy (non-hydrogen) atoms. The maximum Gasteiger partial charge on any atom is 0.263 e. The van der Waals surface area contributed by atoms with E-state index in [4.69, 9.17) is 27.9 Å². The lowest BCUT2D eigenvalue weighted by Crippen LogP contribution is -2.52. The van der Waals surface area contributed by atoms with E-state index < -0.39 is 6.10 Å². The van der Waals surface area contributed by atoms with Gasteiger partial charge in [0, 0.05) is 36.9 Å². The summed E-state index contributed by atoms with van der Waals surface area (Å²) < 4.78 is 5.75. The van der Waals surface area contributed by atoms with Crippen molar-refractivity contribution in [1.29, 1.82) is 0 Å². The van der Waals surface area contributed by atoms with Gasteiger partial charge < -0.3 is 14.5 Å². The summed E-state index contributed by atoms with van der Waals surface area (Å²) in [5, 5.41) is 1.24. The first-order chi connectivity index (χ1) is 12.5. The Morgan fingerprint density at radius 2 is 1.77 bits per heavy atom. The number of nitrogens with zero attached hydrogens (tertiary/aromatic N) is 2. The first-order valence-corrected chi connectivity index (χ1v) is 9.42. The van der Waals surface area contributed by atoms with E-state index in [9.17, 15) is 4.79 Å². The van der Waals surface area contributed by atoms with Crippen molar-refractivity contribution in [2.45, 2.75) is 20.0 Å². The average Bonchev–Trinajstić information content (AvgIpc) is 2.65. The van der Waals surface area contributed by atoms with Crippen LogP contribution in [0.4, 0.5) is 5.69 Å². The van der Waals surface area contributed by atoms with Crippen LogP contribution >= 0.6 is 23.2 Å². The van der Waals surface area contributed by atoms with Crippen LogP contribution in [-0.4, -0.2) is 43.1 Å². The van der Waals surface area contributed by atoms with Crippen molar-refractivity contribution in [2.24, 2.45) is 0 Å². The van der Waals surface area contributed by atoms with E-state index in [0.717, 1.165) is 23.8 Å². The van der Waals surface area contributed by atoms with Gasteiger partial charge >= 0.3 is 0 Å². The van der Waals surface area contributed by atoms with Crippen LogP contribution in [0.2, 0.25) is 10.0 Å². The van der Waals surface area contributed by atoms with E-state index in [-0.39, 0.29) is 5.91 Å². The molecular weight excluding hydrogens is 371 g/mol. The summed E-state index contributed by atoms with van der Waals surface area (Å²) in [7, 11) is 0. The van der Waals surface area contributed by atoms with Gasteiger partial charge in [-0.05, 0) is 43.7 Å². The largest absolute Gasteiger partial charge is 0.479 e. The molecule has 6 heteroatoms. The Morgan fingerprint density at radius 3 is 2.46 bits per heavy atom. The number of benzene rings is 2. The fourth-order valence-corrected chi connectivity index (χ4v) is 3.48. The van der Waals surface area contributed by atoms with Gasteiger partial charge in [-0.15, -0.1) is 0 Å². The molecular formula is C20H22Cl2N2O2. The molecule has 1 saturated heterocycles. The Balaban J connectivity index is 1.59.